The van der Waals surface area contributed by atoms with Crippen LogP contribution in [-0.2, 0) is 6.18 Å². The van der Waals surface area contributed by atoms with E-state index in [-0.39, 0.29) is 11.8 Å². The number of aldehydes is 1. The normalized spacial score (nSPS) is 11.2. The smallest absolute Gasteiger partial charge is 0.298 e. The molecule has 0 aromatic heterocycles. The third-order valence-electron chi connectivity index (χ3n) is 1.89. The molecule has 1 aromatic carbocycles. The molecule has 0 radical (unpaired) electrons. The highest BCUT2D eigenvalue weighted by molar-refractivity contribution is 5.95. The summed E-state index contributed by atoms with van der Waals surface area (Å²) in [6.07, 6.45) is -4.51. The average molecular weight is 216 g/mol. The van der Waals surface area contributed by atoms with Crippen LogP contribution in [-0.4, -0.2) is 12.1 Å². The first kappa shape index (κ1) is 11.4. The summed E-state index contributed by atoms with van der Waals surface area (Å²) < 4.78 is 37.2. The highest BCUT2D eigenvalue weighted by atomic mass is 19.4. The Morgan fingerprint density at radius 1 is 1.33 bits per heavy atom. The van der Waals surface area contributed by atoms with Crippen LogP contribution in [0.1, 0.15) is 33.2 Å². The second-order valence-corrected chi connectivity index (χ2v) is 2.97. The van der Waals surface area contributed by atoms with Crippen molar-refractivity contribution >= 4 is 12.1 Å². The van der Waals surface area contributed by atoms with Crippen molar-refractivity contribution in [3.63, 3.8) is 0 Å². The van der Waals surface area contributed by atoms with Crippen molar-refractivity contribution in [2.24, 2.45) is 0 Å². The Balaban J connectivity index is 3.38. The van der Waals surface area contributed by atoms with Crippen LogP contribution in [0.5, 0.6) is 0 Å². The summed E-state index contributed by atoms with van der Waals surface area (Å²) >= 11 is 0. The lowest BCUT2D eigenvalue weighted by molar-refractivity contribution is -0.137. The lowest BCUT2D eigenvalue weighted by Gasteiger charge is -2.10. The first-order valence-corrected chi connectivity index (χ1v) is 4.03. The summed E-state index contributed by atoms with van der Waals surface area (Å²) in [7, 11) is 0. The fourth-order valence-electron chi connectivity index (χ4n) is 1.12. The van der Waals surface area contributed by atoms with Crippen LogP contribution in [0.25, 0.3) is 0 Å². The molecule has 0 spiro atoms. The number of hydrogen-bond acceptors (Lipinski definition) is 2. The van der Waals surface area contributed by atoms with Gasteiger partial charge in [0.25, 0.3) is 0 Å². The monoisotopic (exact) mass is 216 g/mol. The van der Waals surface area contributed by atoms with Gasteiger partial charge in [-0.3, -0.25) is 9.59 Å². The number of halogens is 3. The van der Waals surface area contributed by atoms with Gasteiger partial charge < -0.3 is 0 Å². The molecule has 0 saturated carbocycles. The van der Waals surface area contributed by atoms with Crippen LogP contribution >= 0.6 is 0 Å². The molecule has 0 atom stereocenters. The van der Waals surface area contributed by atoms with Crippen LogP contribution in [0.2, 0.25) is 0 Å². The SMILES string of the molecule is CC(=O)c1ccc(C=O)c(C(F)(F)F)c1. The average Bonchev–Trinajstić information content (AvgIpc) is 2.15. The van der Waals surface area contributed by atoms with E-state index in [1.165, 1.54) is 6.07 Å². The van der Waals surface area contributed by atoms with Gasteiger partial charge in [-0.15, -0.1) is 0 Å². The van der Waals surface area contributed by atoms with E-state index < -0.39 is 23.1 Å². The van der Waals surface area contributed by atoms with Gasteiger partial charge in [0, 0.05) is 11.1 Å². The Kier molecular flexibility index (Phi) is 2.93. The highest BCUT2D eigenvalue weighted by Gasteiger charge is 2.33. The predicted molar refractivity (Wildman–Crippen MR) is 46.8 cm³/mol. The number of hydrogen-bond donors (Lipinski definition) is 0. The quantitative estimate of drug-likeness (QED) is 0.562. The molecule has 0 saturated heterocycles. The summed E-state index contributed by atoms with van der Waals surface area (Å²) in [6, 6.07) is 2.87. The highest BCUT2D eigenvalue weighted by Crippen LogP contribution is 2.32. The molecule has 15 heavy (non-hydrogen) atoms. The van der Waals surface area contributed by atoms with Gasteiger partial charge in [0.05, 0.1) is 5.56 Å². The van der Waals surface area contributed by atoms with Crippen molar-refractivity contribution in [2.45, 2.75) is 13.1 Å². The van der Waals surface area contributed by atoms with Gasteiger partial charge in [-0.25, -0.2) is 0 Å². The number of alkyl halides is 3. The van der Waals surface area contributed by atoms with Crippen LogP contribution in [0.4, 0.5) is 13.2 Å². The minimum atomic E-state index is -4.62. The van der Waals surface area contributed by atoms with Gasteiger partial charge in [-0.1, -0.05) is 12.1 Å². The third kappa shape index (κ3) is 2.43. The van der Waals surface area contributed by atoms with Gasteiger partial charge in [0.15, 0.2) is 12.1 Å². The molecule has 80 valence electrons. The minimum absolute atomic E-state index is 0.0621. The van der Waals surface area contributed by atoms with E-state index in [1.807, 2.05) is 0 Å². The van der Waals surface area contributed by atoms with E-state index in [2.05, 4.69) is 0 Å². The van der Waals surface area contributed by atoms with Crippen molar-refractivity contribution in [2.75, 3.05) is 0 Å². The van der Waals surface area contributed by atoms with Gasteiger partial charge >= 0.3 is 6.18 Å². The molecule has 2 nitrogen and oxygen atoms in total. The number of ketones is 1. The molecular formula is C10H7F3O2. The maximum atomic E-state index is 12.4. The summed E-state index contributed by atoms with van der Waals surface area (Å²) in [5.74, 6) is -0.474. The topological polar surface area (TPSA) is 34.1 Å². The zero-order chi connectivity index (χ0) is 11.6. The molecule has 0 N–H and O–H groups in total. The van der Waals surface area contributed by atoms with Crippen molar-refractivity contribution in [1.29, 1.82) is 0 Å². The molecule has 5 heteroatoms. The van der Waals surface area contributed by atoms with Crippen molar-refractivity contribution in [3.8, 4) is 0 Å². The summed E-state index contributed by atoms with van der Waals surface area (Å²) in [6.45, 7) is 1.16. The molecule has 1 rings (SSSR count). The summed E-state index contributed by atoms with van der Waals surface area (Å²) in [4.78, 5) is 21.2. The fraction of sp³-hybridized carbons (Fsp3) is 0.200. The molecule has 0 amide bonds. The molecule has 0 fully saturated rings. The van der Waals surface area contributed by atoms with E-state index in [0.717, 1.165) is 13.0 Å². The van der Waals surface area contributed by atoms with Crippen molar-refractivity contribution in [3.05, 3.63) is 34.9 Å². The Labute approximate surface area is 83.7 Å². The fourth-order valence-corrected chi connectivity index (χ4v) is 1.12. The van der Waals surface area contributed by atoms with Crippen LogP contribution in [0, 0.1) is 0 Å². The lowest BCUT2D eigenvalue weighted by atomic mass is 10.0. The molecule has 0 aliphatic rings. The second-order valence-electron chi connectivity index (χ2n) is 2.97. The maximum absolute atomic E-state index is 12.4. The molecule has 0 heterocycles. The first-order valence-electron chi connectivity index (χ1n) is 4.03. The predicted octanol–water partition coefficient (Wildman–Crippen LogP) is 2.72. The standard InChI is InChI=1S/C10H7F3O2/c1-6(15)7-2-3-8(5-14)9(4-7)10(11,12)13/h2-5H,1H3. The third-order valence-corrected chi connectivity index (χ3v) is 1.89. The zero-order valence-electron chi connectivity index (χ0n) is 7.76. The summed E-state index contributed by atoms with van der Waals surface area (Å²) in [5, 5.41) is 0. The van der Waals surface area contributed by atoms with E-state index in [4.69, 9.17) is 0 Å². The Morgan fingerprint density at radius 2 is 1.93 bits per heavy atom. The first-order chi connectivity index (χ1) is 6.86. The molecule has 0 bridgehead atoms. The summed E-state index contributed by atoms with van der Waals surface area (Å²) in [5.41, 5.74) is -1.61. The molecule has 0 unspecified atom stereocenters. The van der Waals surface area contributed by atoms with Crippen LogP contribution in [0.3, 0.4) is 0 Å². The number of carbonyl (C=O) groups is 2. The van der Waals surface area contributed by atoms with E-state index in [0.29, 0.717) is 6.07 Å². The van der Waals surface area contributed by atoms with Gasteiger partial charge in [0.2, 0.25) is 0 Å². The molecule has 0 aliphatic carbocycles. The largest absolute Gasteiger partial charge is 0.417 e. The zero-order valence-corrected chi connectivity index (χ0v) is 7.76. The van der Waals surface area contributed by atoms with Crippen LogP contribution < -0.4 is 0 Å². The Hall–Kier alpha value is -1.65. The van der Waals surface area contributed by atoms with Gasteiger partial charge in [-0.05, 0) is 13.0 Å². The van der Waals surface area contributed by atoms with Crippen molar-refractivity contribution < 1.29 is 22.8 Å². The van der Waals surface area contributed by atoms with Gasteiger partial charge in [0.1, 0.15) is 0 Å². The van der Waals surface area contributed by atoms with E-state index in [1.54, 1.807) is 0 Å². The lowest BCUT2D eigenvalue weighted by Crippen LogP contribution is -2.10. The van der Waals surface area contributed by atoms with E-state index >= 15 is 0 Å². The number of carbonyl (C=O) groups excluding carboxylic acids is 2. The minimum Gasteiger partial charge on any atom is -0.298 e. The molecule has 1 aromatic rings. The van der Waals surface area contributed by atoms with E-state index in [9.17, 15) is 22.8 Å². The Bertz CT molecular complexity index is 408. The van der Waals surface area contributed by atoms with Crippen molar-refractivity contribution in [1.82, 2.24) is 0 Å². The van der Waals surface area contributed by atoms with Crippen LogP contribution in [0.15, 0.2) is 18.2 Å². The van der Waals surface area contributed by atoms with Gasteiger partial charge in [-0.2, -0.15) is 13.2 Å². The number of Topliss-reactive ketones (excluding diaryl/α,β-unsaturated/α-hetero) is 1. The second kappa shape index (κ2) is 3.84. The number of benzene rings is 1. The molecule has 0 aliphatic heterocycles. The Morgan fingerprint density at radius 3 is 2.33 bits per heavy atom. The number of rotatable bonds is 2. The molecular weight excluding hydrogens is 209 g/mol. The maximum Gasteiger partial charge on any atom is 0.417 e.